The van der Waals surface area contributed by atoms with E-state index in [1.165, 1.54) is 24.3 Å². The Morgan fingerprint density at radius 1 is 1.09 bits per heavy atom. The Morgan fingerprint density at radius 2 is 1.61 bits per heavy atom. The van der Waals surface area contributed by atoms with Crippen molar-refractivity contribution in [3.63, 3.8) is 0 Å². The summed E-state index contributed by atoms with van der Waals surface area (Å²) < 4.78 is 0. The molecule has 1 aromatic rings. The van der Waals surface area contributed by atoms with E-state index in [1.807, 2.05) is 0 Å². The monoisotopic (exact) mass is 322 g/mol. The summed E-state index contributed by atoms with van der Waals surface area (Å²) in [5, 5.41) is 47.9. The molecule has 2 unspecified atom stereocenters. The summed E-state index contributed by atoms with van der Waals surface area (Å²) >= 11 is 0. The molecule has 0 radical (unpaired) electrons. The van der Waals surface area contributed by atoms with Gasteiger partial charge in [0, 0.05) is 12.8 Å². The van der Waals surface area contributed by atoms with Crippen molar-refractivity contribution in [1.29, 1.82) is 0 Å². The van der Waals surface area contributed by atoms with Crippen LogP contribution in [-0.2, 0) is 9.59 Å². The lowest BCUT2D eigenvalue weighted by molar-refractivity contribution is -0.180. The van der Waals surface area contributed by atoms with Gasteiger partial charge in [-0.3, -0.25) is 4.79 Å². The lowest BCUT2D eigenvalue weighted by Gasteiger charge is -2.38. The van der Waals surface area contributed by atoms with E-state index >= 15 is 0 Å². The minimum absolute atomic E-state index is 0.0829. The van der Waals surface area contributed by atoms with Crippen LogP contribution in [0.5, 0.6) is 5.75 Å². The van der Waals surface area contributed by atoms with Crippen LogP contribution in [-0.4, -0.2) is 55.1 Å². The molecule has 1 saturated carbocycles. The number of hydrogen-bond acceptors (Lipinski definition) is 6. The molecule has 0 aromatic heterocycles. The van der Waals surface area contributed by atoms with Gasteiger partial charge >= 0.3 is 5.97 Å². The maximum Gasteiger partial charge on any atom is 0.335 e. The normalized spacial score (nSPS) is 31.2. The largest absolute Gasteiger partial charge is 0.508 e. The van der Waals surface area contributed by atoms with Crippen LogP contribution in [0.4, 0.5) is 0 Å². The molecule has 1 aliphatic rings. The van der Waals surface area contributed by atoms with E-state index in [9.17, 15) is 30.0 Å². The van der Waals surface area contributed by atoms with Crippen molar-refractivity contribution in [2.75, 3.05) is 0 Å². The van der Waals surface area contributed by atoms with Crippen LogP contribution in [0.15, 0.2) is 30.3 Å². The smallest absolute Gasteiger partial charge is 0.335 e. The summed E-state index contributed by atoms with van der Waals surface area (Å²) in [4.78, 5) is 23.1. The summed E-state index contributed by atoms with van der Waals surface area (Å²) in [5.74, 6) is -3.21. The number of phenolic OH excluding ortho intramolecular Hbond substituents is 1. The van der Waals surface area contributed by atoms with Gasteiger partial charge in [-0.15, -0.1) is 0 Å². The van der Waals surface area contributed by atoms with Crippen LogP contribution in [0.25, 0.3) is 6.08 Å². The van der Waals surface area contributed by atoms with Gasteiger partial charge in [0.05, 0.1) is 18.1 Å². The van der Waals surface area contributed by atoms with Gasteiger partial charge in [-0.2, -0.15) is 0 Å². The molecule has 0 spiro atoms. The molecule has 2 rings (SSSR count). The lowest BCUT2D eigenvalue weighted by Crippen LogP contribution is -2.55. The number of ketones is 1. The van der Waals surface area contributed by atoms with Crippen molar-refractivity contribution in [3.05, 3.63) is 35.9 Å². The Hall–Kier alpha value is -2.22. The summed E-state index contributed by atoms with van der Waals surface area (Å²) in [5.41, 5.74) is -1.60. The molecule has 7 heteroatoms. The molecule has 5 N–H and O–H groups in total. The maximum atomic E-state index is 12.2. The number of aliphatic carboxylic acids is 1. The Labute approximate surface area is 132 Å². The zero-order valence-corrected chi connectivity index (χ0v) is 12.2. The fourth-order valence-corrected chi connectivity index (χ4v) is 2.71. The first-order valence-electron chi connectivity index (χ1n) is 7.06. The SMILES string of the molecule is O=C(C=Cc1ccc(O)cc1)C1C(O)CC(O)(C(=O)O)CC1O. The third kappa shape index (κ3) is 3.76. The van der Waals surface area contributed by atoms with Crippen molar-refractivity contribution in [3.8, 4) is 5.75 Å². The molecule has 0 amide bonds. The number of carbonyl (C=O) groups excluding carboxylic acids is 1. The Bertz CT molecular complexity index is 608. The van der Waals surface area contributed by atoms with Crippen molar-refractivity contribution in [2.24, 2.45) is 5.92 Å². The van der Waals surface area contributed by atoms with Crippen LogP contribution in [0.1, 0.15) is 18.4 Å². The molecule has 0 heterocycles. The van der Waals surface area contributed by atoms with E-state index in [0.29, 0.717) is 5.56 Å². The van der Waals surface area contributed by atoms with Crippen LogP contribution >= 0.6 is 0 Å². The lowest BCUT2D eigenvalue weighted by atomic mass is 9.73. The minimum atomic E-state index is -2.24. The number of benzene rings is 1. The van der Waals surface area contributed by atoms with E-state index in [-0.39, 0.29) is 5.75 Å². The summed E-state index contributed by atoms with van der Waals surface area (Å²) in [6.07, 6.45) is -1.34. The van der Waals surface area contributed by atoms with Gasteiger partial charge < -0.3 is 25.5 Å². The second-order valence-corrected chi connectivity index (χ2v) is 5.73. The number of allylic oxidation sites excluding steroid dienone is 1. The van der Waals surface area contributed by atoms with Gasteiger partial charge in [0.2, 0.25) is 0 Å². The number of aromatic hydroxyl groups is 1. The van der Waals surface area contributed by atoms with Gasteiger partial charge in [0.1, 0.15) is 5.75 Å². The summed E-state index contributed by atoms with van der Waals surface area (Å²) in [6, 6.07) is 6.05. The van der Waals surface area contributed by atoms with E-state index in [2.05, 4.69) is 0 Å². The van der Waals surface area contributed by atoms with Gasteiger partial charge in [-0.05, 0) is 23.8 Å². The number of aliphatic hydroxyl groups is 3. The third-order valence-electron chi connectivity index (χ3n) is 3.98. The summed E-state index contributed by atoms with van der Waals surface area (Å²) in [6.45, 7) is 0. The molecule has 23 heavy (non-hydrogen) atoms. The van der Waals surface area contributed by atoms with Crippen LogP contribution < -0.4 is 0 Å². The molecule has 1 fully saturated rings. The third-order valence-corrected chi connectivity index (χ3v) is 3.98. The number of carboxylic acids is 1. The van der Waals surface area contributed by atoms with Crippen LogP contribution in [0.2, 0.25) is 0 Å². The van der Waals surface area contributed by atoms with E-state index < -0.39 is 48.3 Å². The molecular weight excluding hydrogens is 304 g/mol. The molecule has 0 aliphatic heterocycles. The van der Waals surface area contributed by atoms with Gasteiger partial charge in [0.25, 0.3) is 0 Å². The number of aliphatic hydroxyl groups excluding tert-OH is 2. The number of carbonyl (C=O) groups is 2. The van der Waals surface area contributed by atoms with Crippen molar-refractivity contribution in [2.45, 2.75) is 30.7 Å². The van der Waals surface area contributed by atoms with Crippen LogP contribution in [0.3, 0.4) is 0 Å². The number of rotatable bonds is 4. The predicted octanol–water partition coefficient (Wildman–Crippen LogP) is -0.0780. The summed E-state index contributed by atoms with van der Waals surface area (Å²) in [7, 11) is 0. The average molecular weight is 322 g/mol. The van der Waals surface area contributed by atoms with Crippen LogP contribution in [0, 0.1) is 5.92 Å². The highest BCUT2D eigenvalue weighted by molar-refractivity contribution is 5.96. The first kappa shape index (κ1) is 17.1. The van der Waals surface area contributed by atoms with E-state index in [1.54, 1.807) is 12.1 Å². The number of phenols is 1. The van der Waals surface area contributed by atoms with E-state index in [0.717, 1.165) is 0 Å². The van der Waals surface area contributed by atoms with E-state index in [4.69, 9.17) is 5.11 Å². The standard InChI is InChI=1S/C16H18O7/c17-10-4-1-9(2-5-10)3-6-11(18)14-12(19)7-16(23,15(21)22)8-13(14)20/h1-6,12-14,17,19-20,23H,7-8H2,(H,21,22). The topological polar surface area (TPSA) is 135 Å². The van der Waals surface area contributed by atoms with Crippen molar-refractivity contribution in [1.82, 2.24) is 0 Å². The number of hydrogen-bond donors (Lipinski definition) is 5. The van der Waals surface area contributed by atoms with Gasteiger partial charge in [-0.25, -0.2) is 4.79 Å². The molecule has 0 saturated heterocycles. The zero-order chi connectivity index (χ0) is 17.2. The molecule has 0 bridgehead atoms. The molecular formula is C16H18O7. The fourth-order valence-electron chi connectivity index (χ4n) is 2.71. The van der Waals surface area contributed by atoms with Gasteiger partial charge in [-0.1, -0.05) is 18.2 Å². The highest BCUT2D eigenvalue weighted by Gasteiger charge is 2.50. The second-order valence-electron chi connectivity index (χ2n) is 5.73. The molecule has 7 nitrogen and oxygen atoms in total. The minimum Gasteiger partial charge on any atom is -0.508 e. The zero-order valence-electron chi connectivity index (χ0n) is 12.2. The molecule has 1 aliphatic carbocycles. The van der Waals surface area contributed by atoms with Crippen molar-refractivity contribution < 1.29 is 35.1 Å². The molecule has 1 aromatic carbocycles. The Kier molecular flexibility index (Phi) is 4.84. The second kappa shape index (κ2) is 6.49. The Morgan fingerprint density at radius 3 is 2.09 bits per heavy atom. The maximum absolute atomic E-state index is 12.2. The highest BCUT2D eigenvalue weighted by Crippen LogP contribution is 2.34. The first-order valence-corrected chi connectivity index (χ1v) is 7.06. The highest BCUT2D eigenvalue weighted by atomic mass is 16.4. The average Bonchev–Trinajstić information content (AvgIpc) is 2.45. The molecule has 124 valence electrons. The van der Waals surface area contributed by atoms with Gasteiger partial charge in [0.15, 0.2) is 11.4 Å². The molecule has 2 atom stereocenters. The Balaban J connectivity index is 2.10. The number of carboxylic acid groups (broad SMARTS) is 1. The predicted molar refractivity (Wildman–Crippen MR) is 79.5 cm³/mol. The van der Waals surface area contributed by atoms with Crippen molar-refractivity contribution >= 4 is 17.8 Å². The first-order chi connectivity index (χ1) is 10.7. The fraction of sp³-hybridized carbons (Fsp3) is 0.375. The quantitative estimate of drug-likeness (QED) is 0.489.